The van der Waals surface area contributed by atoms with Gasteiger partial charge in [0.25, 0.3) is 0 Å². The van der Waals surface area contributed by atoms with Crippen molar-refractivity contribution in [2.24, 2.45) is 0 Å². The van der Waals surface area contributed by atoms with Crippen molar-refractivity contribution in [2.45, 2.75) is 25.8 Å². The number of hydrogen-bond acceptors (Lipinski definition) is 5. The highest BCUT2D eigenvalue weighted by molar-refractivity contribution is 7.89. The van der Waals surface area contributed by atoms with E-state index in [1.165, 1.54) is 14.9 Å². The van der Waals surface area contributed by atoms with E-state index in [0.29, 0.717) is 52.1 Å². The van der Waals surface area contributed by atoms with Crippen LogP contribution in [0.4, 0.5) is 4.79 Å². The first-order chi connectivity index (χ1) is 11.1. The molecule has 0 aromatic heterocycles. The van der Waals surface area contributed by atoms with Crippen LogP contribution in [0, 0.1) is 0 Å². The normalized spacial score (nSPS) is 22.5. The molecule has 0 aliphatic carbocycles. The summed E-state index contributed by atoms with van der Waals surface area (Å²) in [6.07, 6.45) is 2.36. The van der Waals surface area contributed by atoms with Crippen LogP contribution in [0.2, 0.25) is 0 Å². The van der Waals surface area contributed by atoms with Crippen molar-refractivity contribution in [3.63, 3.8) is 0 Å². The zero-order valence-corrected chi connectivity index (χ0v) is 15.8. The Bertz CT molecular complexity index is 648. The van der Waals surface area contributed by atoms with Crippen molar-refractivity contribution >= 4 is 26.1 Å². The van der Waals surface area contributed by atoms with Gasteiger partial charge in [0.15, 0.2) is 0 Å². The van der Waals surface area contributed by atoms with E-state index >= 15 is 0 Å². The Labute approximate surface area is 144 Å². The Morgan fingerprint density at radius 3 is 1.96 bits per heavy atom. The van der Waals surface area contributed by atoms with Gasteiger partial charge in [0, 0.05) is 45.3 Å². The maximum Gasteiger partial charge on any atom is 0.317 e. The van der Waals surface area contributed by atoms with Gasteiger partial charge in [-0.15, -0.1) is 0 Å². The Kier molecular flexibility index (Phi) is 6.10. The molecule has 1 N–H and O–H groups in total. The number of urea groups is 1. The molecule has 0 saturated carbocycles. The fourth-order valence-corrected chi connectivity index (χ4v) is 4.91. The molecule has 0 atom stereocenters. The molecule has 0 aromatic carbocycles. The van der Waals surface area contributed by atoms with Gasteiger partial charge in [0.05, 0.1) is 12.0 Å². The minimum absolute atomic E-state index is 0.0482. The molecule has 11 heteroatoms. The predicted octanol–water partition coefficient (Wildman–Crippen LogP) is -0.913. The molecule has 2 aliphatic heterocycles. The van der Waals surface area contributed by atoms with Gasteiger partial charge >= 0.3 is 6.03 Å². The summed E-state index contributed by atoms with van der Waals surface area (Å²) in [5.41, 5.74) is 0. The lowest BCUT2D eigenvalue weighted by molar-refractivity contribution is 0.164. The molecule has 0 bridgehead atoms. The molecule has 2 rings (SSSR count). The zero-order chi connectivity index (χ0) is 18.0. The van der Waals surface area contributed by atoms with Crippen LogP contribution in [0.15, 0.2) is 0 Å². The zero-order valence-electron chi connectivity index (χ0n) is 14.1. The molecule has 2 saturated heterocycles. The van der Waals surface area contributed by atoms with Crippen molar-refractivity contribution in [3.05, 3.63) is 0 Å². The summed E-state index contributed by atoms with van der Waals surface area (Å²) >= 11 is 0. The lowest BCUT2D eigenvalue weighted by Gasteiger charge is -2.36. The first kappa shape index (κ1) is 19.4. The summed E-state index contributed by atoms with van der Waals surface area (Å²) in [5.74, 6) is 0.0676. The molecule has 9 nitrogen and oxygen atoms in total. The van der Waals surface area contributed by atoms with Crippen molar-refractivity contribution in [2.75, 3.05) is 51.3 Å². The number of sulfonamides is 2. The number of nitrogens with zero attached hydrogens (tertiary/aromatic N) is 3. The quantitative estimate of drug-likeness (QED) is 0.677. The molecule has 2 aliphatic rings. The van der Waals surface area contributed by atoms with E-state index in [2.05, 4.69) is 5.32 Å². The maximum absolute atomic E-state index is 12.3. The molecule has 2 amide bonds. The van der Waals surface area contributed by atoms with E-state index < -0.39 is 20.0 Å². The lowest BCUT2D eigenvalue weighted by atomic mass is 10.1. The summed E-state index contributed by atoms with van der Waals surface area (Å²) in [4.78, 5) is 13.9. The van der Waals surface area contributed by atoms with Gasteiger partial charge in [-0.2, -0.15) is 4.31 Å². The summed E-state index contributed by atoms with van der Waals surface area (Å²) < 4.78 is 49.4. The van der Waals surface area contributed by atoms with Crippen LogP contribution >= 0.6 is 0 Å². The van der Waals surface area contributed by atoms with Crippen LogP contribution in [0.1, 0.15) is 19.8 Å². The summed E-state index contributed by atoms with van der Waals surface area (Å²) in [5, 5.41) is 2.93. The number of rotatable bonds is 4. The summed E-state index contributed by atoms with van der Waals surface area (Å²) in [7, 11) is -6.38. The van der Waals surface area contributed by atoms with Crippen molar-refractivity contribution in [1.82, 2.24) is 18.8 Å². The Morgan fingerprint density at radius 2 is 1.50 bits per heavy atom. The Balaban J connectivity index is 1.79. The third-order valence-corrected chi connectivity index (χ3v) is 7.72. The van der Waals surface area contributed by atoms with Gasteiger partial charge in [0.2, 0.25) is 20.0 Å². The van der Waals surface area contributed by atoms with Gasteiger partial charge < -0.3 is 10.2 Å². The van der Waals surface area contributed by atoms with Crippen molar-refractivity contribution in [3.8, 4) is 0 Å². The molecule has 0 unspecified atom stereocenters. The molecular formula is C13H26N4O5S2. The SMILES string of the molecule is CCS(=O)(=O)N1CCN(C(=O)NC2CCN(S(C)(=O)=O)CC2)CC1. The maximum atomic E-state index is 12.3. The number of piperidine rings is 1. The van der Waals surface area contributed by atoms with Gasteiger partial charge in [0.1, 0.15) is 0 Å². The fraction of sp³-hybridized carbons (Fsp3) is 0.923. The van der Waals surface area contributed by atoms with Crippen LogP contribution in [0.25, 0.3) is 0 Å². The molecule has 0 spiro atoms. The molecule has 0 aromatic rings. The topological polar surface area (TPSA) is 107 Å². The van der Waals surface area contributed by atoms with Crippen LogP contribution < -0.4 is 5.32 Å². The van der Waals surface area contributed by atoms with Gasteiger partial charge in [-0.1, -0.05) is 0 Å². The van der Waals surface area contributed by atoms with Gasteiger partial charge in [-0.25, -0.2) is 25.9 Å². The molecular weight excluding hydrogens is 356 g/mol. The average Bonchev–Trinajstić information content (AvgIpc) is 2.54. The first-order valence-electron chi connectivity index (χ1n) is 8.12. The number of hydrogen-bond donors (Lipinski definition) is 1. The van der Waals surface area contributed by atoms with E-state index in [1.807, 2.05) is 0 Å². The van der Waals surface area contributed by atoms with Crippen LogP contribution in [-0.4, -0.2) is 93.7 Å². The van der Waals surface area contributed by atoms with Crippen molar-refractivity contribution < 1.29 is 21.6 Å². The second kappa shape index (κ2) is 7.54. The van der Waals surface area contributed by atoms with Crippen LogP contribution in [0.5, 0.6) is 0 Å². The minimum Gasteiger partial charge on any atom is -0.335 e. The van der Waals surface area contributed by atoms with Crippen LogP contribution in [-0.2, 0) is 20.0 Å². The van der Waals surface area contributed by atoms with Gasteiger partial charge in [-0.3, -0.25) is 0 Å². The monoisotopic (exact) mass is 382 g/mol. The van der Waals surface area contributed by atoms with E-state index in [1.54, 1.807) is 11.8 Å². The molecule has 0 radical (unpaired) electrons. The number of carbonyl (C=O) groups is 1. The number of piperazine rings is 1. The third-order valence-electron chi connectivity index (χ3n) is 4.53. The molecule has 24 heavy (non-hydrogen) atoms. The smallest absolute Gasteiger partial charge is 0.317 e. The highest BCUT2D eigenvalue weighted by Crippen LogP contribution is 2.14. The highest BCUT2D eigenvalue weighted by atomic mass is 32.2. The second-order valence-electron chi connectivity index (χ2n) is 6.17. The summed E-state index contributed by atoms with van der Waals surface area (Å²) in [6, 6.07) is -0.255. The number of carbonyl (C=O) groups excluding carboxylic acids is 1. The average molecular weight is 383 g/mol. The van der Waals surface area contributed by atoms with E-state index in [9.17, 15) is 21.6 Å². The Morgan fingerprint density at radius 1 is 0.958 bits per heavy atom. The third kappa shape index (κ3) is 4.80. The Hall–Kier alpha value is -0.910. The molecule has 2 fully saturated rings. The largest absolute Gasteiger partial charge is 0.335 e. The number of nitrogens with one attached hydrogen (secondary N) is 1. The van der Waals surface area contributed by atoms with E-state index in [0.717, 1.165) is 0 Å². The number of amides is 2. The lowest BCUT2D eigenvalue weighted by Crippen LogP contribution is -2.56. The molecule has 140 valence electrons. The summed E-state index contributed by atoms with van der Waals surface area (Å²) in [6.45, 7) is 3.79. The fourth-order valence-electron chi connectivity index (χ4n) is 2.95. The van der Waals surface area contributed by atoms with E-state index in [-0.39, 0.29) is 17.8 Å². The second-order valence-corrected chi connectivity index (χ2v) is 10.4. The van der Waals surface area contributed by atoms with Crippen LogP contribution in [0.3, 0.4) is 0 Å². The standard InChI is InChI=1S/C13H26N4O5S2/c1-3-24(21,22)17-10-8-15(9-11-17)13(18)14-12-4-6-16(7-5-12)23(2,19)20/h12H,3-11H2,1-2H3,(H,14,18). The minimum atomic E-state index is -3.21. The van der Waals surface area contributed by atoms with Crippen molar-refractivity contribution in [1.29, 1.82) is 0 Å². The predicted molar refractivity (Wildman–Crippen MR) is 90.6 cm³/mol. The van der Waals surface area contributed by atoms with Gasteiger partial charge in [-0.05, 0) is 19.8 Å². The molecule has 2 heterocycles. The first-order valence-corrected chi connectivity index (χ1v) is 11.6. The van der Waals surface area contributed by atoms with E-state index in [4.69, 9.17) is 0 Å². The highest BCUT2D eigenvalue weighted by Gasteiger charge is 2.30.